The van der Waals surface area contributed by atoms with Crippen molar-refractivity contribution in [3.05, 3.63) is 35.9 Å². The summed E-state index contributed by atoms with van der Waals surface area (Å²) in [7, 11) is 0. The number of benzene rings is 1. The van der Waals surface area contributed by atoms with Gasteiger partial charge in [0.2, 0.25) is 0 Å². The molecule has 3 heteroatoms. The predicted molar refractivity (Wildman–Crippen MR) is 61.2 cm³/mol. The Bertz CT molecular complexity index is 411. The number of carboxylic acids is 1. The molecule has 1 aromatic carbocycles. The quantitative estimate of drug-likeness (QED) is 0.787. The Morgan fingerprint density at radius 3 is 2.59 bits per heavy atom. The van der Waals surface area contributed by atoms with Crippen LogP contribution in [0.1, 0.15) is 37.2 Å². The molecule has 1 fully saturated rings. The zero-order chi connectivity index (χ0) is 12.3. The average Bonchev–Trinajstić information content (AvgIpc) is 2.32. The summed E-state index contributed by atoms with van der Waals surface area (Å²) in [5.41, 5.74) is 1.00. The van der Waals surface area contributed by atoms with Crippen LogP contribution in [0.15, 0.2) is 30.3 Å². The van der Waals surface area contributed by atoms with E-state index in [0.29, 0.717) is 6.42 Å². The van der Waals surface area contributed by atoms with Crippen LogP contribution < -0.4 is 5.11 Å². The minimum Gasteiger partial charge on any atom is -0.550 e. The summed E-state index contributed by atoms with van der Waals surface area (Å²) in [5, 5.41) is 10.6. The molecule has 2 rings (SSSR count). The molecule has 0 aliphatic heterocycles. The van der Waals surface area contributed by atoms with Gasteiger partial charge in [-0.1, -0.05) is 36.8 Å². The van der Waals surface area contributed by atoms with Crippen LogP contribution >= 0.6 is 0 Å². The number of carbonyl (C=O) groups excluding carboxylic acids is 2. The molecule has 2 atom stereocenters. The van der Waals surface area contributed by atoms with Gasteiger partial charge in [0.15, 0.2) is 0 Å². The van der Waals surface area contributed by atoms with E-state index < -0.39 is 5.97 Å². The van der Waals surface area contributed by atoms with Crippen molar-refractivity contribution in [1.82, 2.24) is 0 Å². The summed E-state index contributed by atoms with van der Waals surface area (Å²) in [6, 6.07) is 9.60. The normalized spacial score (nSPS) is 24.6. The Kier molecular flexibility index (Phi) is 3.57. The van der Waals surface area contributed by atoms with Crippen molar-refractivity contribution < 1.29 is 14.7 Å². The van der Waals surface area contributed by atoms with Crippen molar-refractivity contribution >= 4 is 11.8 Å². The second kappa shape index (κ2) is 5.13. The lowest BCUT2D eigenvalue weighted by molar-refractivity contribution is -0.306. The number of rotatable bonds is 3. The summed E-state index contributed by atoms with van der Waals surface area (Å²) in [5.74, 6) is -1.56. The van der Waals surface area contributed by atoms with Crippen LogP contribution in [0.25, 0.3) is 0 Å². The molecule has 0 bridgehead atoms. The van der Waals surface area contributed by atoms with Crippen molar-refractivity contribution in [3.8, 4) is 0 Å². The molecule has 0 unspecified atom stereocenters. The molecule has 0 spiro atoms. The summed E-state index contributed by atoms with van der Waals surface area (Å²) in [4.78, 5) is 22.8. The molecule has 0 radical (unpaired) electrons. The molecule has 0 aromatic heterocycles. The highest BCUT2D eigenvalue weighted by atomic mass is 16.4. The molecule has 0 heterocycles. The summed E-state index contributed by atoms with van der Waals surface area (Å²) < 4.78 is 0. The van der Waals surface area contributed by atoms with Gasteiger partial charge in [-0.15, -0.1) is 0 Å². The van der Waals surface area contributed by atoms with Gasteiger partial charge >= 0.3 is 0 Å². The minimum absolute atomic E-state index is 0.0617. The number of Topliss-reactive ketones (excluding diaryl/α,β-unsaturated/α-hetero) is 1. The number of aliphatic carboxylic acids is 1. The topological polar surface area (TPSA) is 57.2 Å². The third kappa shape index (κ3) is 2.73. The molecule has 17 heavy (non-hydrogen) atoms. The molecule has 0 N–H and O–H groups in total. The fourth-order valence-corrected chi connectivity index (χ4v) is 2.56. The molecule has 1 saturated carbocycles. The molecule has 90 valence electrons. The fraction of sp³-hybridized carbons (Fsp3) is 0.429. The monoisotopic (exact) mass is 231 g/mol. The van der Waals surface area contributed by atoms with Crippen LogP contribution in [0.5, 0.6) is 0 Å². The van der Waals surface area contributed by atoms with Gasteiger partial charge in [0.25, 0.3) is 0 Å². The molecule has 0 saturated heterocycles. The van der Waals surface area contributed by atoms with Gasteiger partial charge in [0.05, 0.1) is 0 Å². The Morgan fingerprint density at radius 1 is 1.24 bits per heavy atom. The number of ketones is 1. The van der Waals surface area contributed by atoms with Crippen molar-refractivity contribution in [2.24, 2.45) is 5.92 Å². The van der Waals surface area contributed by atoms with E-state index >= 15 is 0 Å². The van der Waals surface area contributed by atoms with E-state index in [1.807, 2.05) is 30.3 Å². The van der Waals surface area contributed by atoms with Crippen molar-refractivity contribution in [3.63, 3.8) is 0 Å². The van der Waals surface area contributed by atoms with Crippen molar-refractivity contribution in [1.29, 1.82) is 0 Å². The maximum atomic E-state index is 12.2. The number of carboxylic acid groups (broad SMARTS) is 1. The third-order valence-electron chi connectivity index (χ3n) is 3.41. The fourth-order valence-electron chi connectivity index (χ4n) is 2.56. The molecule has 1 aliphatic carbocycles. The lowest BCUT2D eigenvalue weighted by Crippen LogP contribution is -2.33. The van der Waals surface area contributed by atoms with Crippen molar-refractivity contribution in [2.45, 2.75) is 31.6 Å². The first-order valence-corrected chi connectivity index (χ1v) is 5.97. The van der Waals surface area contributed by atoms with E-state index in [9.17, 15) is 14.7 Å². The van der Waals surface area contributed by atoms with Gasteiger partial charge in [-0.05, 0) is 24.8 Å². The number of hydrogen-bond donors (Lipinski definition) is 0. The molecule has 3 nitrogen and oxygen atoms in total. The third-order valence-corrected chi connectivity index (χ3v) is 3.41. The van der Waals surface area contributed by atoms with Gasteiger partial charge in [-0.25, -0.2) is 0 Å². The maximum Gasteiger partial charge on any atom is 0.143 e. The molecule has 1 aliphatic rings. The summed E-state index contributed by atoms with van der Waals surface area (Å²) in [6.07, 6.45) is 2.27. The smallest absolute Gasteiger partial charge is 0.143 e. The van der Waals surface area contributed by atoms with Crippen LogP contribution in [-0.2, 0) is 9.59 Å². The van der Waals surface area contributed by atoms with E-state index in [1.54, 1.807) is 0 Å². The Hall–Kier alpha value is -1.64. The van der Waals surface area contributed by atoms with Crippen LogP contribution in [0.2, 0.25) is 0 Å². The molecule has 1 aromatic rings. The minimum atomic E-state index is -1.13. The largest absolute Gasteiger partial charge is 0.550 e. The van der Waals surface area contributed by atoms with Gasteiger partial charge < -0.3 is 9.90 Å². The van der Waals surface area contributed by atoms with E-state index in [1.165, 1.54) is 0 Å². The second-order valence-corrected chi connectivity index (χ2v) is 4.57. The molecular formula is C14H15O3-. The first-order valence-electron chi connectivity index (χ1n) is 5.97. The highest BCUT2D eigenvalue weighted by molar-refractivity contribution is 5.90. The van der Waals surface area contributed by atoms with E-state index in [4.69, 9.17) is 0 Å². The lowest BCUT2D eigenvalue weighted by atomic mass is 9.75. The molecule has 0 amide bonds. The Balaban J connectivity index is 2.14. The van der Waals surface area contributed by atoms with Gasteiger partial charge in [-0.3, -0.25) is 4.79 Å². The first-order chi connectivity index (χ1) is 8.18. The average molecular weight is 231 g/mol. The number of carbonyl (C=O) groups is 2. The van der Waals surface area contributed by atoms with Gasteiger partial charge in [0, 0.05) is 17.8 Å². The van der Waals surface area contributed by atoms with Gasteiger partial charge in [-0.2, -0.15) is 0 Å². The first kappa shape index (κ1) is 11.8. The Morgan fingerprint density at radius 2 is 1.94 bits per heavy atom. The highest BCUT2D eigenvalue weighted by Gasteiger charge is 2.31. The van der Waals surface area contributed by atoms with Crippen molar-refractivity contribution in [2.75, 3.05) is 0 Å². The second-order valence-electron chi connectivity index (χ2n) is 4.57. The van der Waals surface area contributed by atoms with Crippen LogP contribution in [0.3, 0.4) is 0 Å². The van der Waals surface area contributed by atoms with E-state index in [0.717, 1.165) is 18.4 Å². The van der Waals surface area contributed by atoms with E-state index in [2.05, 4.69) is 0 Å². The standard InChI is InChI=1S/C14H16O3/c15-13(16)9-11-7-4-8-12(14(11)17)10-5-2-1-3-6-10/h1-3,5-6,11-12H,4,7-9H2,(H,15,16)/p-1/t11-,12-/m0/s1. The highest BCUT2D eigenvalue weighted by Crippen LogP contribution is 2.34. The summed E-state index contributed by atoms with van der Waals surface area (Å²) >= 11 is 0. The van der Waals surface area contributed by atoms with E-state index in [-0.39, 0.29) is 24.0 Å². The van der Waals surface area contributed by atoms with Crippen LogP contribution in [0.4, 0.5) is 0 Å². The summed E-state index contributed by atoms with van der Waals surface area (Å²) in [6.45, 7) is 0. The van der Waals surface area contributed by atoms with Crippen LogP contribution in [-0.4, -0.2) is 11.8 Å². The predicted octanol–water partition coefficient (Wildman–Crippen LogP) is 1.28. The Labute approximate surface area is 100 Å². The zero-order valence-electron chi connectivity index (χ0n) is 9.59. The molecular weight excluding hydrogens is 216 g/mol. The zero-order valence-corrected chi connectivity index (χ0v) is 9.59. The lowest BCUT2D eigenvalue weighted by Gasteiger charge is -2.28. The maximum absolute atomic E-state index is 12.2. The number of hydrogen-bond acceptors (Lipinski definition) is 3. The SMILES string of the molecule is O=C([O-])C[C@@H]1CCC[C@@H](c2ccccc2)C1=O. The van der Waals surface area contributed by atoms with Gasteiger partial charge in [0.1, 0.15) is 5.78 Å². The van der Waals surface area contributed by atoms with Crippen LogP contribution in [0, 0.1) is 5.92 Å².